The molecule has 2 aromatic heterocycles. The van der Waals surface area contributed by atoms with Gasteiger partial charge in [-0.15, -0.1) is 0 Å². The van der Waals surface area contributed by atoms with Crippen molar-refractivity contribution >= 4 is 23.4 Å². The fourth-order valence-corrected chi connectivity index (χ4v) is 3.86. The Morgan fingerprint density at radius 2 is 1.97 bits per heavy atom. The maximum Gasteiger partial charge on any atom is 0.226 e. The number of aryl methyl sites for hydroxylation is 1. The molecule has 2 aromatic rings. The fourth-order valence-electron chi connectivity index (χ4n) is 3.65. The van der Waals surface area contributed by atoms with Gasteiger partial charge >= 0.3 is 0 Å². The molecule has 0 saturated heterocycles. The van der Waals surface area contributed by atoms with E-state index in [1.54, 1.807) is 13.2 Å². The van der Waals surface area contributed by atoms with Crippen LogP contribution >= 0.6 is 11.6 Å². The smallest absolute Gasteiger partial charge is 0.226 e. The Morgan fingerprint density at radius 1 is 1.18 bits per heavy atom. The third-order valence-corrected chi connectivity index (χ3v) is 5.76. The van der Waals surface area contributed by atoms with E-state index in [-0.39, 0.29) is 17.7 Å². The predicted molar refractivity (Wildman–Crippen MR) is 128 cm³/mol. The molecule has 0 radical (unpaired) electrons. The summed E-state index contributed by atoms with van der Waals surface area (Å²) >= 11 is 6.47. The molecule has 1 aliphatic carbocycles. The second-order valence-electron chi connectivity index (χ2n) is 7.86. The van der Waals surface area contributed by atoms with Crippen molar-refractivity contribution in [2.45, 2.75) is 38.5 Å². The van der Waals surface area contributed by atoms with Gasteiger partial charge in [0.1, 0.15) is 17.5 Å². The van der Waals surface area contributed by atoms with E-state index in [1.165, 1.54) is 0 Å². The highest BCUT2D eigenvalue weighted by Crippen LogP contribution is 2.31. The van der Waals surface area contributed by atoms with Gasteiger partial charge in [0, 0.05) is 37.8 Å². The molecule has 1 aliphatic rings. The van der Waals surface area contributed by atoms with E-state index in [0.29, 0.717) is 54.7 Å². The van der Waals surface area contributed by atoms with Crippen LogP contribution in [0, 0.1) is 24.7 Å². The van der Waals surface area contributed by atoms with E-state index in [0.717, 1.165) is 0 Å². The largest absolute Gasteiger partial charge is 0.478 e. The lowest BCUT2D eigenvalue weighted by Crippen LogP contribution is -2.35. The first-order valence-corrected chi connectivity index (χ1v) is 11.4. The number of ether oxygens (including phenoxy) is 2. The molecular weight excluding hydrogens is 462 g/mol. The second-order valence-corrected chi connectivity index (χ2v) is 8.22. The van der Waals surface area contributed by atoms with Crippen molar-refractivity contribution in [1.82, 2.24) is 15.0 Å². The summed E-state index contributed by atoms with van der Waals surface area (Å²) in [7, 11) is 1.59. The highest BCUT2D eigenvalue weighted by atomic mass is 35.5. The zero-order chi connectivity index (χ0) is 24.7. The molecule has 0 bridgehead atoms. The van der Waals surface area contributed by atoms with Gasteiger partial charge in [-0.25, -0.2) is 4.98 Å². The maximum absolute atomic E-state index is 10.4. The quantitative estimate of drug-likeness (QED) is 0.197. The molecule has 1 saturated carbocycles. The lowest BCUT2D eigenvalue weighted by Gasteiger charge is -2.20. The van der Waals surface area contributed by atoms with Crippen LogP contribution in [0.5, 0.6) is 5.88 Å². The number of aromatic nitrogens is 3. The number of methoxy groups -OCH3 is 1. The van der Waals surface area contributed by atoms with Crippen molar-refractivity contribution in [3.05, 3.63) is 34.1 Å². The third kappa shape index (κ3) is 6.25. The van der Waals surface area contributed by atoms with E-state index < -0.39 is 24.2 Å². The van der Waals surface area contributed by atoms with Crippen molar-refractivity contribution in [3.8, 4) is 17.7 Å². The molecule has 34 heavy (non-hydrogen) atoms. The van der Waals surface area contributed by atoms with Gasteiger partial charge in [-0.1, -0.05) is 23.4 Å². The van der Waals surface area contributed by atoms with Crippen LogP contribution in [0.2, 0.25) is 5.15 Å². The Morgan fingerprint density at radius 3 is 2.62 bits per heavy atom. The highest BCUT2D eigenvalue weighted by molar-refractivity contribution is 6.31. The minimum Gasteiger partial charge on any atom is -0.478 e. The number of aliphatic hydroxyl groups excluding tert-OH is 3. The molecule has 2 heterocycles. The minimum atomic E-state index is -1.09. The molecule has 10 nitrogen and oxygen atoms in total. The Kier molecular flexibility index (Phi) is 9.27. The van der Waals surface area contributed by atoms with Gasteiger partial charge in [-0.2, -0.15) is 9.97 Å². The van der Waals surface area contributed by atoms with Gasteiger partial charge in [-0.05, 0) is 26.3 Å². The molecular formula is C23H30ClN5O5. The second kappa shape index (κ2) is 12.1. The van der Waals surface area contributed by atoms with E-state index in [9.17, 15) is 15.3 Å². The summed E-state index contributed by atoms with van der Waals surface area (Å²) in [6, 6.07) is 3.00. The van der Waals surface area contributed by atoms with Gasteiger partial charge in [0.2, 0.25) is 11.8 Å². The van der Waals surface area contributed by atoms with E-state index in [2.05, 4.69) is 37.4 Å². The Balaban J connectivity index is 1.94. The Labute approximate surface area is 203 Å². The molecule has 1 unspecified atom stereocenters. The number of pyridine rings is 1. The first-order chi connectivity index (χ1) is 16.4. The number of nitrogens with zero attached hydrogens (tertiary/aromatic N) is 3. The molecule has 184 valence electrons. The topological polar surface area (TPSA) is 142 Å². The van der Waals surface area contributed by atoms with Gasteiger partial charge in [0.25, 0.3) is 0 Å². The molecule has 5 N–H and O–H groups in total. The molecule has 4 atom stereocenters. The normalized spacial score (nSPS) is 21.6. The van der Waals surface area contributed by atoms with E-state index in [4.69, 9.17) is 21.1 Å². The van der Waals surface area contributed by atoms with Crippen LogP contribution in [0.1, 0.15) is 30.2 Å². The Bertz CT molecular complexity index is 1040. The molecule has 0 amide bonds. The zero-order valence-corrected chi connectivity index (χ0v) is 20.1. The number of nitrogens with one attached hydrogen (secondary N) is 2. The third-order valence-electron chi connectivity index (χ3n) is 5.49. The lowest BCUT2D eigenvalue weighted by molar-refractivity contribution is 0.00445. The van der Waals surface area contributed by atoms with Crippen molar-refractivity contribution in [2.75, 3.05) is 44.1 Å². The lowest BCUT2D eigenvalue weighted by atomic mass is 10.1. The Hall–Kier alpha value is -2.68. The predicted octanol–water partition coefficient (Wildman–Crippen LogP) is 1.20. The van der Waals surface area contributed by atoms with Gasteiger partial charge in [-0.3, -0.25) is 0 Å². The average Bonchev–Trinajstić information content (AvgIpc) is 3.08. The van der Waals surface area contributed by atoms with Crippen molar-refractivity contribution in [3.63, 3.8) is 0 Å². The van der Waals surface area contributed by atoms with E-state index >= 15 is 0 Å². The number of anilines is 2. The monoisotopic (exact) mass is 491 g/mol. The molecule has 1 fully saturated rings. The molecule has 0 aromatic carbocycles. The number of rotatable bonds is 9. The average molecular weight is 492 g/mol. The summed E-state index contributed by atoms with van der Waals surface area (Å²) in [5, 5.41) is 36.4. The summed E-state index contributed by atoms with van der Waals surface area (Å²) < 4.78 is 10.5. The fraction of sp³-hybridized carbons (Fsp3) is 0.522. The van der Waals surface area contributed by atoms with Crippen LogP contribution in [0.25, 0.3) is 0 Å². The minimum absolute atomic E-state index is 0.119. The SMILES string of the molecule is CCOc1ccc(C#Cc2c(Cl)nc(NCCOC)nc2NC2C[C@H](CO)[C@@H](O)[C@H]2O)c(C)n1. The van der Waals surface area contributed by atoms with Crippen LogP contribution in [0.4, 0.5) is 11.8 Å². The summed E-state index contributed by atoms with van der Waals surface area (Å²) in [6.07, 6.45) is -1.79. The zero-order valence-electron chi connectivity index (χ0n) is 19.4. The van der Waals surface area contributed by atoms with Crippen LogP contribution in [0.3, 0.4) is 0 Å². The maximum atomic E-state index is 10.4. The summed E-state index contributed by atoms with van der Waals surface area (Å²) in [4.78, 5) is 13.1. The van der Waals surface area contributed by atoms with Gasteiger partial charge in [0.05, 0.1) is 31.1 Å². The number of halogens is 1. The molecule has 3 rings (SSSR count). The first-order valence-electron chi connectivity index (χ1n) is 11.0. The molecule has 0 aliphatic heterocycles. The van der Waals surface area contributed by atoms with Crippen LogP contribution < -0.4 is 15.4 Å². The number of aliphatic hydroxyl groups is 3. The van der Waals surface area contributed by atoms with Gasteiger partial charge < -0.3 is 35.4 Å². The first kappa shape index (κ1) is 25.9. The van der Waals surface area contributed by atoms with Crippen LogP contribution in [-0.2, 0) is 4.74 Å². The molecule has 11 heteroatoms. The van der Waals surface area contributed by atoms with Crippen molar-refractivity contribution in [2.24, 2.45) is 5.92 Å². The summed E-state index contributed by atoms with van der Waals surface area (Å²) in [5.74, 6) is 6.71. The van der Waals surface area contributed by atoms with Gasteiger partial charge in [0.15, 0.2) is 5.15 Å². The van der Waals surface area contributed by atoms with Crippen LogP contribution in [0.15, 0.2) is 12.1 Å². The number of hydrogen-bond donors (Lipinski definition) is 5. The van der Waals surface area contributed by atoms with Crippen molar-refractivity contribution in [1.29, 1.82) is 0 Å². The van der Waals surface area contributed by atoms with E-state index in [1.807, 2.05) is 19.9 Å². The highest BCUT2D eigenvalue weighted by Gasteiger charge is 2.41. The molecule has 0 spiro atoms. The standard InChI is InChI=1S/C23H30ClN5O5/c1-4-34-18-8-6-14(13(2)26-18)5-7-16-21(24)28-23(25-9-10-33-3)29-22(16)27-17-11-15(12-30)19(31)20(17)32/h6,8,15,17,19-20,30-32H,4,9-12H2,1-3H3,(H2,25,27,28,29)/t15-,17?,19-,20+/m1/s1. The summed E-state index contributed by atoms with van der Waals surface area (Å²) in [6.45, 7) is 4.91. The van der Waals surface area contributed by atoms with Crippen LogP contribution in [-0.4, -0.2) is 82.0 Å². The number of hydrogen-bond acceptors (Lipinski definition) is 10. The summed E-state index contributed by atoms with van der Waals surface area (Å²) in [5.41, 5.74) is 1.72. The van der Waals surface area contributed by atoms with Crippen molar-refractivity contribution < 1.29 is 24.8 Å².